The number of rotatable bonds is 0. The summed E-state index contributed by atoms with van der Waals surface area (Å²) in [6, 6.07) is 0. The van der Waals surface area contributed by atoms with Crippen molar-refractivity contribution in [1.82, 2.24) is 0 Å². The summed E-state index contributed by atoms with van der Waals surface area (Å²) in [6.07, 6.45) is 1.75. The summed E-state index contributed by atoms with van der Waals surface area (Å²) >= 11 is 7.21. The number of hydrogen-bond acceptors (Lipinski definition) is 2. The predicted molar refractivity (Wildman–Crippen MR) is 57.8 cm³/mol. The van der Waals surface area contributed by atoms with Crippen molar-refractivity contribution in [3.8, 4) is 0 Å². The van der Waals surface area contributed by atoms with E-state index in [1.165, 1.54) is 0 Å². The third-order valence-corrected chi connectivity index (χ3v) is 0. The van der Waals surface area contributed by atoms with Crippen LogP contribution in [0.2, 0.25) is 0 Å². The first kappa shape index (κ1) is 24.6. The molecule has 0 unspecified atom stereocenters. The average Bonchev–Trinajstić information content (AvgIpc) is 1.52. The Hall–Kier alpha value is 1.42. The van der Waals surface area contributed by atoms with E-state index in [1.54, 1.807) is 6.08 Å². The van der Waals surface area contributed by atoms with E-state index in [-0.39, 0.29) is 19.5 Å². The molecule has 6 N–H and O–H groups in total. The van der Waals surface area contributed by atoms with Crippen molar-refractivity contribution in [3.63, 3.8) is 0 Å². The fraction of sp³-hybridized carbons (Fsp3) is 0.333. The van der Waals surface area contributed by atoms with Crippen molar-refractivity contribution in [2.45, 2.75) is 6.92 Å². The van der Waals surface area contributed by atoms with Crippen molar-refractivity contribution in [1.29, 1.82) is 0 Å². The van der Waals surface area contributed by atoms with Crippen LogP contribution in [0, 0.1) is 0 Å². The zero-order chi connectivity index (χ0) is 11.7. The first-order chi connectivity index (χ1) is 5.41. The Morgan fingerprint density at radius 1 is 0.929 bits per heavy atom. The molecule has 0 aliphatic heterocycles. The normalized spacial score (nSPS) is 9.36. The van der Waals surface area contributed by atoms with Crippen LogP contribution in [0.25, 0.3) is 0 Å². The van der Waals surface area contributed by atoms with Gasteiger partial charge in [-0.25, -0.2) is 0 Å². The van der Waals surface area contributed by atoms with Gasteiger partial charge in [0.05, 0.1) is 0 Å². The zero-order valence-corrected chi connectivity index (χ0v) is 13.8. The van der Waals surface area contributed by atoms with Gasteiger partial charge in [0.2, 0.25) is 0 Å². The first-order valence-electron chi connectivity index (χ1n) is 2.55. The molecule has 14 heavy (non-hydrogen) atoms. The average molecular weight is 336 g/mol. The third-order valence-electron chi connectivity index (χ3n) is 0. The van der Waals surface area contributed by atoms with Crippen LogP contribution in [0.15, 0.2) is 12.7 Å². The molecule has 0 aromatic heterocycles. The maximum absolute atomic E-state index is 7.56. The minimum absolute atomic E-state index is 0. The standard InChI is InChI=1S/C3H6.2H3O3PS.Zn/c1-3-2;2*1-4(2,3)5;/h3H,1H2,2H3;2*(H3,1,2,3,5);. The Morgan fingerprint density at radius 2 is 0.929 bits per heavy atom. The van der Waals surface area contributed by atoms with E-state index < -0.39 is 13.4 Å². The summed E-state index contributed by atoms with van der Waals surface area (Å²) in [6.45, 7) is -2.36. The molecule has 0 heterocycles. The van der Waals surface area contributed by atoms with Gasteiger partial charge in [-0.3, -0.25) is 0 Å². The van der Waals surface area contributed by atoms with Crippen molar-refractivity contribution in [2.75, 3.05) is 0 Å². The molecular weight excluding hydrogens is 323 g/mol. The van der Waals surface area contributed by atoms with E-state index in [0.717, 1.165) is 0 Å². The maximum Gasteiger partial charge on any atom is 0.319 e. The summed E-state index contributed by atoms with van der Waals surface area (Å²) in [5.41, 5.74) is 0. The molecule has 0 aliphatic carbocycles. The molecule has 0 saturated carbocycles. The topological polar surface area (TPSA) is 121 Å². The second kappa shape index (κ2) is 12.5. The van der Waals surface area contributed by atoms with Gasteiger partial charge >= 0.3 is 13.4 Å². The number of hydrogen-bond donors (Lipinski definition) is 6. The Kier molecular flexibility index (Phi) is 21.9. The fourth-order valence-corrected chi connectivity index (χ4v) is 0. The van der Waals surface area contributed by atoms with Crippen LogP contribution < -0.4 is 0 Å². The molecule has 0 atom stereocenters. The Labute approximate surface area is 105 Å². The van der Waals surface area contributed by atoms with Crippen LogP contribution in [-0.4, -0.2) is 29.4 Å². The van der Waals surface area contributed by atoms with Crippen LogP contribution >= 0.6 is 13.4 Å². The smallest absolute Gasteiger partial charge is 0.319 e. The summed E-state index contributed by atoms with van der Waals surface area (Å²) in [7, 11) is 0. The van der Waals surface area contributed by atoms with Crippen molar-refractivity contribution >= 4 is 37.1 Å². The summed E-state index contributed by atoms with van der Waals surface area (Å²) in [5, 5.41) is 0. The SMILES string of the molecule is C=CC.OP(O)(O)=S.OP(O)(O)=S.[Zn]. The second-order valence-electron chi connectivity index (χ2n) is 1.43. The molecule has 0 spiro atoms. The van der Waals surface area contributed by atoms with E-state index in [0.29, 0.717) is 0 Å². The predicted octanol–water partition coefficient (Wildman–Crippen LogP) is -0.435. The molecule has 0 aromatic carbocycles. The van der Waals surface area contributed by atoms with Gasteiger partial charge in [0, 0.05) is 19.5 Å². The van der Waals surface area contributed by atoms with Crippen molar-refractivity contribution < 1.29 is 48.8 Å². The van der Waals surface area contributed by atoms with Gasteiger partial charge < -0.3 is 29.4 Å². The van der Waals surface area contributed by atoms with Gasteiger partial charge in [-0.05, 0) is 30.5 Å². The number of allylic oxidation sites excluding steroid dienone is 1. The van der Waals surface area contributed by atoms with Crippen molar-refractivity contribution in [2.24, 2.45) is 0 Å². The van der Waals surface area contributed by atoms with Crippen LogP contribution in [0.4, 0.5) is 0 Å². The van der Waals surface area contributed by atoms with E-state index in [9.17, 15) is 0 Å². The van der Waals surface area contributed by atoms with E-state index in [4.69, 9.17) is 29.4 Å². The Balaban J connectivity index is -0.0000000535. The Morgan fingerprint density at radius 3 is 0.929 bits per heavy atom. The van der Waals surface area contributed by atoms with Crippen LogP contribution in [0.5, 0.6) is 0 Å². The van der Waals surface area contributed by atoms with E-state index in [1.807, 2.05) is 6.92 Å². The quantitative estimate of drug-likeness (QED) is 0.200. The molecule has 0 radical (unpaired) electrons. The molecule has 0 aromatic rings. The molecule has 0 bridgehead atoms. The maximum atomic E-state index is 7.56. The van der Waals surface area contributed by atoms with Gasteiger partial charge in [-0.15, -0.1) is 6.58 Å². The Bertz CT molecular complexity index is 175. The second-order valence-corrected chi connectivity index (χ2v) is 6.43. The summed E-state index contributed by atoms with van der Waals surface area (Å²) < 4.78 is 0. The van der Waals surface area contributed by atoms with Gasteiger partial charge in [-0.1, -0.05) is 6.08 Å². The summed E-state index contributed by atoms with van der Waals surface area (Å²) in [4.78, 5) is 45.3. The minimum atomic E-state index is -3.81. The molecule has 11 heteroatoms. The van der Waals surface area contributed by atoms with E-state index in [2.05, 4.69) is 30.2 Å². The van der Waals surface area contributed by atoms with Gasteiger partial charge in [0.15, 0.2) is 0 Å². The molecule has 84 valence electrons. The first-order valence-corrected chi connectivity index (χ1v) is 7.87. The molecular formula is C3H12O6P2S2Zn. The van der Waals surface area contributed by atoms with Crippen LogP contribution in [0.3, 0.4) is 0 Å². The van der Waals surface area contributed by atoms with Crippen molar-refractivity contribution in [3.05, 3.63) is 12.7 Å². The van der Waals surface area contributed by atoms with Gasteiger partial charge in [0.25, 0.3) is 0 Å². The fourth-order valence-electron chi connectivity index (χ4n) is 0. The van der Waals surface area contributed by atoms with Gasteiger partial charge in [-0.2, -0.15) is 0 Å². The monoisotopic (exact) mass is 334 g/mol. The third kappa shape index (κ3) is 1020. The molecule has 0 amide bonds. The molecule has 0 rings (SSSR count). The summed E-state index contributed by atoms with van der Waals surface area (Å²) in [5.74, 6) is 0. The largest absolute Gasteiger partial charge is 0.325 e. The van der Waals surface area contributed by atoms with E-state index >= 15 is 0 Å². The molecule has 0 fully saturated rings. The minimum Gasteiger partial charge on any atom is -0.325 e. The molecule has 0 aliphatic rings. The zero-order valence-electron chi connectivity index (χ0n) is 7.39. The van der Waals surface area contributed by atoms with Crippen LogP contribution in [0.1, 0.15) is 6.92 Å². The van der Waals surface area contributed by atoms with Gasteiger partial charge in [0.1, 0.15) is 0 Å². The van der Waals surface area contributed by atoms with Crippen LogP contribution in [-0.2, 0) is 43.1 Å². The molecule has 6 nitrogen and oxygen atoms in total. The molecule has 0 saturated heterocycles.